The molecule has 2 aromatic rings. The third-order valence-electron chi connectivity index (χ3n) is 4.68. The average Bonchev–Trinajstić information content (AvgIpc) is 2.71. The van der Waals surface area contributed by atoms with Gasteiger partial charge in [-0.2, -0.15) is 5.26 Å². The summed E-state index contributed by atoms with van der Waals surface area (Å²) in [6.45, 7) is 10.0. The third-order valence-corrected chi connectivity index (χ3v) is 4.68. The summed E-state index contributed by atoms with van der Waals surface area (Å²) in [6, 6.07) is 13.5. The number of aryl methyl sites for hydroxylation is 2. The number of benzene rings is 2. The van der Waals surface area contributed by atoms with E-state index in [1.807, 2.05) is 38.1 Å². The van der Waals surface area contributed by atoms with Gasteiger partial charge in [-0.05, 0) is 69.2 Å². The van der Waals surface area contributed by atoms with Gasteiger partial charge in [0, 0.05) is 30.7 Å². The van der Waals surface area contributed by atoms with Crippen molar-refractivity contribution in [3.05, 3.63) is 59.3 Å². The Bertz CT molecular complexity index is 947. The summed E-state index contributed by atoms with van der Waals surface area (Å²) in [5.41, 5.74) is 4.50. The van der Waals surface area contributed by atoms with E-state index >= 15 is 0 Å². The molecule has 0 aliphatic carbocycles. The van der Waals surface area contributed by atoms with E-state index in [1.165, 1.54) is 13.3 Å². The zero-order chi connectivity index (χ0) is 21.4. The Balaban J connectivity index is 0.00000450. The van der Waals surface area contributed by atoms with Crippen LogP contribution in [0.15, 0.2) is 48.2 Å². The minimum Gasteiger partial charge on any atom is -1.00 e. The Labute approximate surface area is 184 Å². The van der Waals surface area contributed by atoms with Crippen molar-refractivity contribution < 1.29 is 21.9 Å². The number of nitrogens with one attached hydrogen (secondary N) is 2. The molecular formula is C23H28ClN4O2-. The number of amides is 1. The van der Waals surface area contributed by atoms with Crippen molar-refractivity contribution in [3.63, 3.8) is 0 Å². The summed E-state index contributed by atoms with van der Waals surface area (Å²) < 4.78 is 5.27. The average molecular weight is 428 g/mol. The number of carbonyl (C=O) groups is 1. The fourth-order valence-corrected chi connectivity index (χ4v) is 3.00. The molecule has 6 nitrogen and oxygen atoms in total. The molecule has 1 amide bonds. The maximum atomic E-state index is 12.5. The first-order chi connectivity index (χ1) is 13.9. The molecule has 2 N–H and O–H groups in total. The highest BCUT2D eigenvalue weighted by Gasteiger charge is 2.13. The molecule has 0 atom stereocenters. The summed E-state index contributed by atoms with van der Waals surface area (Å²) in [7, 11) is 1.54. The molecule has 30 heavy (non-hydrogen) atoms. The SMILES string of the molecule is CCN(CC)c1ccc(N/C=C(/C#N)C(=O)Nc2cc(C)ccc2OC)c(C)c1.[Cl-]. The number of carbonyl (C=O) groups excluding carboxylic acids is 1. The summed E-state index contributed by atoms with van der Waals surface area (Å²) in [6.07, 6.45) is 1.43. The number of nitriles is 1. The zero-order valence-corrected chi connectivity index (χ0v) is 18.8. The van der Waals surface area contributed by atoms with Crippen LogP contribution in [-0.4, -0.2) is 26.1 Å². The first-order valence-corrected chi connectivity index (χ1v) is 9.61. The monoisotopic (exact) mass is 427 g/mol. The van der Waals surface area contributed by atoms with Gasteiger partial charge in [0.25, 0.3) is 5.91 Å². The first kappa shape index (κ1) is 24.9. The van der Waals surface area contributed by atoms with Crippen LogP contribution in [0.4, 0.5) is 17.1 Å². The number of rotatable bonds is 8. The molecule has 160 valence electrons. The standard InChI is InChI=1S/C23H28N4O2.ClH/c1-6-27(7-2)19-9-10-20(17(4)13-19)25-15-18(14-24)23(28)26-21-12-16(3)8-11-22(21)29-5;/h8-13,15,25H,6-7H2,1-5H3,(H,26,28);1H/p-1/b18-15-;. The van der Waals surface area contributed by atoms with Gasteiger partial charge in [0.1, 0.15) is 17.4 Å². The van der Waals surface area contributed by atoms with E-state index in [1.54, 1.807) is 12.1 Å². The molecule has 0 saturated carbocycles. The predicted octanol–water partition coefficient (Wildman–Crippen LogP) is 1.62. The predicted molar refractivity (Wildman–Crippen MR) is 118 cm³/mol. The van der Waals surface area contributed by atoms with Gasteiger partial charge in [0.05, 0.1) is 12.8 Å². The van der Waals surface area contributed by atoms with Gasteiger partial charge in [-0.1, -0.05) is 6.07 Å². The number of nitrogens with zero attached hydrogens (tertiary/aromatic N) is 2. The topological polar surface area (TPSA) is 77.4 Å². The van der Waals surface area contributed by atoms with Gasteiger partial charge in [0.2, 0.25) is 0 Å². The van der Waals surface area contributed by atoms with E-state index in [9.17, 15) is 10.1 Å². The quantitative estimate of drug-likeness (QED) is 0.494. The summed E-state index contributed by atoms with van der Waals surface area (Å²) in [5, 5.41) is 15.2. The summed E-state index contributed by atoms with van der Waals surface area (Å²) in [4.78, 5) is 14.8. The smallest absolute Gasteiger partial charge is 0.267 e. The van der Waals surface area contributed by atoms with Crippen molar-refractivity contribution in [3.8, 4) is 11.8 Å². The molecule has 0 unspecified atom stereocenters. The third kappa shape index (κ3) is 6.16. The maximum Gasteiger partial charge on any atom is 0.267 e. The lowest BCUT2D eigenvalue weighted by atomic mass is 10.1. The Morgan fingerprint density at radius 2 is 1.83 bits per heavy atom. The van der Waals surface area contributed by atoms with Crippen LogP contribution in [0.2, 0.25) is 0 Å². The molecule has 0 heterocycles. The Hall–Kier alpha value is -3.17. The van der Waals surface area contributed by atoms with Gasteiger partial charge < -0.3 is 32.7 Å². The van der Waals surface area contributed by atoms with E-state index in [2.05, 4.69) is 35.4 Å². The van der Waals surface area contributed by atoms with Crippen LogP contribution in [-0.2, 0) is 4.79 Å². The van der Waals surface area contributed by atoms with Crippen molar-refractivity contribution in [2.24, 2.45) is 0 Å². The second kappa shape index (κ2) is 11.7. The maximum absolute atomic E-state index is 12.5. The number of anilines is 3. The van der Waals surface area contributed by atoms with Crippen molar-refractivity contribution in [2.75, 3.05) is 35.7 Å². The lowest BCUT2D eigenvalue weighted by Gasteiger charge is -2.22. The highest BCUT2D eigenvalue weighted by Crippen LogP contribution is 2.26. The second-order valence-corrected chi connectivity index (χ2v) is 6.64. The molecule has 0 fully saturated rings. The number of ether oxygens (including phenoxy) is 1. The fourth-order valence-electron chi connectivity index (χ4n) is 3.00. The summed E-state index contributed by atoms with van der Waals surface area (Å²) >= 11 is 0. The molecular weight excluding hydrogens is 400 g/mol. The Kier molecular flexibility index (Phi) is 9.73. The normalized spacial score (nSPS) is 10.5. The van der Waals surface area contributed by atoms with E-state index in [0.717, 1.165) is 35.6 Å². The largest absolute Gasteiger partial charge is 1.00 e. The number of hydrogen-bond donors (Lipinski definition) is 2. The van der Waals surface area contributed by atoms with Crippen LogP contribution in [0.25, 0.3) is 0 Å². The van der Waals surface area contributed by atoms with Gasteiger partial charge in [-0.3, -0.25) is 4.79 Å². The van der Waals surface area contributed by atoms with Crippen molar-refractivity contribution in [1.29, 1.82) is 5.26 Å². The molecule has 7 heteroatoms. The molecule has 0 saturated heterocycles. The highest BCUT2D eigenvalue weighted by atomic mass is 35.5. The van der Waals surface area contributed by atoms with E-state index < -0.39 is 5.91 Å². The number of methoxy groups -OCH3 is 1. The minimum atomic E-state index is -0.499. The lowest BCUT2D eigenvalue weighted by Crippen LogP contribution is -3.00. The molecule has 0 aliphatic heterocycles. The van der Waals surface area contributed by atoms with E-state index in [-0.39, 0.29) is 18.0 Å². The molecule has 0 bridgehead atoms. The zero-order valence-electron chi connectivity index (χ0n) is 18.0. The van der Waals surface area contributed by atoms with Gasteiger partial charge in [0.15, 0.2) is 0 Å². The van der Waals surface area contributed by atoms with Crippen LogP contribution < -0.4 is 32.7 Å². The second-order valence-electron chi connectivity index (χ2n) is 6.64. The van der Waals surface area contributed by atoms with Crippen LogP contribution in [0.5, 0.6) is 5.75 Å². The minimum absolute atomic E-state index is 0. The number of halogens is 1. The van der Waals surface area contributed by atoms with Crippen LogP contribution in [0, 0.1) is 25.2 Å². The Morgan fingerprint density at radius 3 is 2.40 bits per heavy atom. The van der Waals surface area contributed by atoms with Gasteiger partial charge in [-0.25, -0.2) is 0 Å². The molecule has 0 aliphatic rings. The van der Waals surface area contributed by atoms with Gasteiger partial charge in [-0.15, -0.1) is 0 Å². The van der Waals surface area contributed by atoms with Crippen molar-refractivity contribution in [1.82, 2.24) is 0 Å². The van der Waals surface area contributed by atoms with Crippen LogP contribution in [0.1, 0.15) is 25.0 Å². The first-order valence-electron chi connectivity index (χ1n) is 9.61. The van der Waals surface area contributed by atoms with E-state index in [0.29, 0.717) is 11.4 Å². The van der Waals surface area contributed by atoms with E-state index in [4.69, 9.17) is 4.74 Å². The fraction of sp³-hybridized carbons (Fsp3) is 0.304. The van der Waals surface area contributed by atoms with Crippen LogP contribution in [0.3, 0.4) is 0 Å². The van der Waals surface area contributed by atoms with Crippen molar-refractivity contribution in [2.45, 2.75) is 27.7 Å². The number of hydrogen-bond acceptors (Lipinski definition) is 5. The summed E-state index contributed by atoms with van der Waals surface area (Å²) in [5.74, 6) is 0.0401. The van der Waals surface area contributed by atoms with Crippen molar-refractivity contribution >= 4 is 23.0 Å². The lowest BCUT2D eigenvalue weighted by molar-refractivity contribution is -0.112. The molecule has 2 rings (SSSR count). The van der Waals surface area contributed by atoms with Crippen LogP contribution >= 0.6 is 0 Å². The molecule has 2 aromatic carbocycles. The Morgan fingerprint density at radius 1 is 1.13 bits per heavy atom. The van der Waals surface area contributed by atoms with Gasteiger partial charge >= 0.3 is 0 Å². The molecule has 0 spiro atoms. The molecule has 0 aromatic heterocycles. The molecule has 0 radical (unpaired) electrons. The highest BCUT2D eigenvalue weighted by molar-refractivity contribution is 6.07.